The van der Waals surface area contributed by atoms with Crippen LogP contribution in [0.2, 0.25) is 0 Å². The van der Waals surface area contributed by atoms with Crippen LogP contribution in [0.4, 0.5) is 9.93 Å². The summed E-state index contributed by atoms with van der Waals surface area (Å²) in [5, 5.41) is 0.474. The number of urea groups is 1. The number of ether oxygens (including phenoxy) is 1. The minimum absolute atomic E-state index is 0.0776. The van der Waals surface area contributed by atoms with Crippen LogP contribution in [-0.4, -0.2) is 41.2 Å². The average Bonchev–Trinajstić information content (AvgIpc) is 3.39. The molecule has 1 aromatic carbocycles. The fraction of sp³-hybridized carbons (Fsp3) is 0.211. The summed E-state index contributed by atoms with van der Waals surface area (Å²) in [5.74, 6) is 1.96. The van der Waals surface area contributed by atoms with Crippen molar-refractivity contribution in [3.8, 4) is 12.3 Å². The molecule has 1 saturated heterocycles. The van der Waals surface area contributed by atoms with E-state index in [-0.39, 0.29) is 18.3 Å². The highest BCUT2D eigenvalue weighted by Crippen LogP contribution is 2.33. The molecule has 1 unspecified atom stereocenters. The van der Waals surface area contributed by atoms with E-state index in [2.05, 4.69) is 10.9 Å². The number of amides is 2. The van der Waals surface area contributed by atoms with E-state index in [1.54, 1.807) is 11.0 Å². The standard InChI is InChI=1S/C19H15N3O4S/c1-2-3-10-21-12-16(26-17(23)14-8-6-11-25-14)22(19(21)24)18-20-13-7-4-5-9-15(13)27-18/h1,4-9,11,16H,3,10,12H2. The Bertz CT molecular complexity index is 988. The van der Waals surface area contributed by atoms with Crippen LogP contribution in [0.5, 0.6) is 0 Å². The van der Waals surface area contributed by atoms with Crippen molar-refractivity contribution in [2.45, 2.75) is 12.6 Å². The number of hydrogen-bond acceptors (Lipinski definition) is 6. The Kier molecular flexibility index (Phi) is 4.52. The second-order valence-corrected chi connectivity index (χ2v) is 6.86. The van der Waals surface area contributed by atoms with E-state index in [0.29, 0.717) is 18.1 Å². The zero-order valence-electron chi connectivity index (χ0n) is 14.2. The van der Waals surface area contributed by atoms with Gasteiger partial charge >= 0.3 is 12.0 Å². The maximum Gasteiger partial charge on any atom is 0.376 e. The summed E-state index contributed by atoms with van der Waals surface area (Å²) in [5.41, 5.74) is 0.781. The third-order valence-electron chi connectivity index (χ3n) is 4.12. The Labute approximate surface area is 159 Å². The first-order valence-corrected chi connectivity index (χ1v) is 9.10. The predicted octanol–water partition coefficient (Wildman–Crippen LogP) is 3.34. The number of carbonyl (C=O) groups is 2. The molecule has 2 amide bonds. The van der Waals surface area contributed by atoms with Gasteiger partial charge in [-0.05, 0) is 24.3 Å². The van der Waals surface area contributed by atoms with Crippen molar-refractivity contribution >= 4 is 38.7 Å². The van der Waals surface area contributed by atoms with Crippen LogP contribution in [-0.2, 0) is 4.74 Å². The molecule has 1 atom stereocenters. The van der Waals surface area contributed by atoms with Crippen molar-refractivity contribution in [2.75, 3.05) is 18.0 Å². The normalized spacial score (nSPS) is 16.7. The van der Waals surface area contributed by atoms with Gasteiger partial charge in [-0.2, -0.15) is 0 Å². The monoisotopic (exact) mass is 381 g/mol. The number of para-hydroxylation sites is 1. The summed E-state index contributed by atoms with van der Waals surface area (Å²) in [6.07, 6.45) is 6.31. The minimum atomic E-state index is -0.812. The second kappa shape index (κ2) is 7.13. The van der Waals surface area contributed by atoms with E-state index < -0.39 is 12.2 Å². The number of thiazole rings is 1. The van der Waals surface area contributed by atoms with E-state index in [9.17, 15) is 9.59 Å². The topological polar surface area (TPSA) is 75.9 Å². The summed E-state index contributed by atoms with van der Waals surface area (Å²) in [4.78, 5) is 32.7. The van der Waals surface area contributed by atoms with E-state index in [1.165, 1.54) is 28.6 Å². The van der Waals surface area contributed by atoms with Crippen LogP contribution >= 0.6 is 11.3 Å². The summed E-state index contributed by atoms with van der Waals surface area (Å²) < 4.78 is 11.6. The molecule has 2 aromatic heterocycles. The van der Waals surface area contributed by atoms with Crippen molar-refractivity contribution in [1.82, 2.24) is 9.88 Å². The molecule has 3 heterocycles. The quantitative estimate of drug-likeness (QED) is 0.500. The van der Waals surface area contributed by atoms with E-state index in [1.807, 2.05) is 24.3 Å². The van der Waals surface area contributed by atoms with Gasteiger partial charge in [0.05, 0.1) is 23.0 Å². The lowest BCUT2D eigenvalue weighted by molar-refractivity contribution is 0.0291. The van der Waals surface area contributed by atoms with Gasteiger partial charge in [-0.1, -0.05) is 23.5 Å². The highest BCUT2D eigenvalue weighted by molar-refractivity contribution is 7.22. The molecule has 136 valence electrons. The molecule has 4 rings (SSSR count). The number of esters is 1. The van der Waals surface area contributed by atoms with Gasteiger partial charge in [-0.25, -0.2) is 19.5 Å². The van der Waals surface area contributed by atoms with E-state index >= 15 is 0 Å². The van der Waals surface area contributed by atoms with Gasteiger partial charge in [-0.3, -0.25) is 0 Å². The van der Waals surface area contributed by atoms with E-state index in [0.717, 1.165) is 10.2 Å². The largest absolute Gasteiger partial charge is 0.457 e. The molecule has 7 nitrogen and oxygen atoms in total. The van der Waals surface area contributed by atoms with Gasteiger partial charge in [0.15, 0.2) is 5.13 Å². The highest BCUT2D eigenvalue weighted by Gasteiger charge is 2.42. The summed E-state index contributed by atoms with van der Waals surface area (Å²) in [6, 6.07) is 10.4. The van der Waals surface area contributed by atoms with Crippen LogP contribution in [0.25, 0.3) is 10.2 Å². The van der Waals surface area contributed by atoms with Gasteiger partial charge in [0.25, 0.3) is 0 Å². The number of hydrogen-bond donors (Lipinski definition) is 0. The third kappa shape index (κ3) is 3.25. The highest BCUT2D eigenvalue weighted by atomic mass is 32.1. The molecule has 27 heavy (non-hydrogen) atoms. The molecule has 3 aromatic rings. The van der Waals surface area contributed by atoms with Crippen molar-refractivity contribution in [2.24, 2.45) is 0 Å². The smallest absolute Gasteiger partial charge is 0.376 e. The van der Waals surface area contributed by atoms with Crippen LogP contribution in [0.1, 0.15) is 17.0 Å². The van der Waals surface area contributed by atoms with Crippen LogP contribution in [0, 0.1) is 12.3 Å². The van der Waals surface area contributed by atoms with Gasteiger partial charge in [0.1, 0.15) is 0 Å². The number of fused-ring (bicyclic) bond motifs is 1. The molecule has 0 aliphatic carbocycles. The molecule has 0 spiro atoms. The molecule has 0 N–H and O–H groups in total. The first-order chi connectivity index (χ1) is 13.2. The summed E-state index contributed by atoms with van der Waals surface area (Å²) >= 11 is 1.36. The van der Waals surface area contributed by atoms with Gasteiger partial charge in [0.2, 0.25) is 12.0 Å². The fourth-order valence-electron chi connectivity index (χ4n) is 2.84. The SMILES string of the molecule is C#CCCN1CC(OC(=O)c2ccco2)N(c2nc3ccccc3s2)C1=O. The van der Waals surface area contributed by atoms with Crippen molar-refractivity contribution < 1.29 is 18.7 Å². The zero-order valence-corrected chi connectivity index (χ0v) is 15.0. The lowest BCUT2D eigenvalue weighted by atomic mass is 10.3. The van der Waals surface area contributed by atoms with Crippen molar-refractivity contribution in [3.63, 3.8) is 0 Å². The number of terminal acetylenes is 1. The van der Waals surface area contributed by atoms with Gasteiger partial charge in [0, 0.05) is 13.0 Å². The molecular weight excluding hydrogens is 366 g/mol. The summed E-state index contributed by atoms with van der Waals surface area (Å²) in [6.45, 7) is 0.592. The predicted molar refractivity (Wildman–Crippen MR) is 100 cm³/mol. The minimum Gasteiger partial charge on any atom is -0.457 e. The van der Waals surface area contributed by atoms with E-state index in [4.69, 9.17) is 15.6 Å². The molecule has 0 bridgehead atoms. The third-order valence-corrected chi connectivity index (χ3v) is 5.16. The molecule has 1 fully saturated rings. The lowest BCUT2D eigenvalue weighted by Crippen LogP contribution is -2.37. The number of benzene rings is 1. The van der Waals surface area contributed by atoms with Crippen molar-refractivity contribution in [3.05, 3.63) is 48.4 Å². The molecule has 0 saturated carbocycles. The first-order valence-electron chi connectivity index (χ1n) is 8.29. The number of nitrogens with zero attached hydrogens (tertiary/aromatic N) is 3. The summed E-state index contributed by atoms with van der Waals surface area (Å²) in [7, 11) is 0. The molecule has 8 heteroatoms. The van der Waals surface area contributed by atoms with Gasteiger partial charge < -0.3 is 14.1 Å². The lowest BCUT2D eigenvalue weighted by Gasteiger charge is -2.19. The Hall–Kier alpha value is -3.31. The molecule has 0 radical (unpaired) electrons. The molecular formula is C19H15N3O4S. The van der Waals surface area contributed by atoms with Crippen molar-refractivity contribution in [1.29, 1.82) is 0 Å². The second-order valence-electron chi connectivity index (χ2n) is 5.85. The Morgan fingerprint density at radius 2 is 2.22 bits per heavy atom. The van der Waals surface area contributed by atoms with Crippen LogP contribution < -0.4 is 4.90 Å². The van der Waals surface area contributed by atoms with Gasteiger partial charge in [-0.15, -0.1) is 12.3 Å². The number of furan rings is 1. The number of rotatable bonds is 5. The first kappa shape index (κ1) is 17.1. The van der Waals surface area contributed by atoms with Crippen LogP contribution in [0.15, 0.2) is 47.1 Å². The Morgan fingerprint density at radius 3 is 2.96 bits per heavy atom. The Morgan fingerprint density at radius 1 is 1.37 bits per heavy atom. The fourth-order valence-corrected chi connectivity index (χ4v) is 3.84. The molecule has 1 aliphatic rings. The number of aromatic nitrogens is 1. The maximum atomic E-state index is 12.9. The molecule has 1 aliphatic heterocycles. The maximum absolute atomic E-state index is 12.9. The van der Waals surface area contributed by atoms with Crippen LogP contribution in [0.3, 0.4) is 0 Å². The number of carbonyl (C=O) groups excluding carboxylic acids is 2. The number of anilines is 1. The average molecular weight is 381 g/mol. The zero-order chi connectivity index (χ0) is 18.8. The Balaban J connectivity index is 1.64.